The van der Waals surface area contributed by atoms with Crippen LogP contribution >= 0.6 is 0 Å². The summed E-state index contributed by atoms with van der Waals surface area (Å²) >= 11 is 0. The summed E-state index contributed by atoms with van der Waals surface area (Å²) in [6.07, 6.45) is 6.33. The lowest BCUT2D eigenvalue weighted by Gasteiger charge is -2.12. The molecule has 0 aliphatic rings. The van der Waals surface area contributed by atoms with Gasteiger partial charge in [-0.3, -0.25) is 10.1 Å². The molecule has 13 heteroatoms. The zero-order valence-corrected chi connectivity index (χ0v) is 27.3. The number of carboxylic acids is 2. The van der Waals surface area contributed by atoms with Crippen molar-refractivity contribution in [3.8, 4) is 22.6 Å². The minimum absolute atomic E-state index is 0.104. The zero-order chi connectivity index (χ0) is 36.2. The molecule has 0 saturated carbocycles. The Bertz CT molecular complexity index is 1870. The van der Waals surface area contributed by atoms with Crippen LogP contribution < -0.4 is 15.2 Å². The van der Waals surface area contributed by atoms with Gasteiger partial charge in [0.25, 0.3) is 0 Å². The van der Waals surface area contributed by atoms with Crippen molar-refractivity contribution in [1.29, 1.82) is 0 Å². The molecule has 0 bridgehead atoms. The molecule has 4 N–H and O–H groups in total. The monoisotopic (exact) mass is 684 g/mol. The number of nitro groups is 1. The van der Waals surface area contributed by atoms with Crippen molar-refractivity contribution in [2.45, 2.75) is 52.1 Å². The van der Waals surface area contributed by atoms with Gasteiger partial charge in [-0.15, -0.1) is 0 Å². The quantitative estimate of drug-likeness (QED) is 0.0246. The number of nitrogens with zero attached hydrogens (tertiary/aromatic N) is 1. The third kappa shape index (κ3) is 9.66. The van der Waals surface area contributed by atoms with Crippen LogP contribution in [0.25, 0.3) is 11.1 Å². The predicted molar refractivity (Wildman–Crippen MR) is 183 cm³/mol. The number of hydrogen-bond acceptors (Lipinski definition) is 10. The maximum Gasteiger partial charge on any atom is 0.343 e. The number of carboxylic acid groups (broad SMARTS) is 2. The van der Waals surface area contributed by atoms with Gasteiger partial charge < -0.3 is 30.2 Å². The standard InChI is InChI=1S/C37H36N2O11/c1-2-3-4-5-6-7-18-48-33-21-31(38)29(20-32(33)39(46)47)24-10-12-25(13-11-24)36(44)50-27-15-8-23(9-16-27)22-49-37(45)30-19-26(34(40)41)14-17-28(30)35(42)43/h8-17,19-21H,2-7,18,22,38H2,1H3,(H,40,41)(H,42,43). The van der Waals surface area contributed by atoms with E-state index in [4.69, 9.17) is 19.9 Å². The van der Waals surface area contributed by atoms with E-state index in [-0.39, 0.29) is 40.6 Å². The number of esters is 2. The van der Waals surface area contributed by atoms with Gasteiger partial charge in [-0.1, -0.05) is 63.3 Å². The highest BCUT2D eigenvalue weighted by molar-refractivity contribution is 6.04. The Morgan fingerprint density at radius 2 is 1.42 bits per heavy atom. The van der Waals surface area contributed by atoms with E-state index in [2.05, 4.69) is 6.92 Å². The molecule has 0 aliphatic heterocycles. The molecular formula is C37H36N2O11. The van der Waals surface area contributed by atoms with Gasteiger partial charge in [-0.2, -0.15) is 0 Å². The van der Waals surface area contributed by atoms with Crippen LogP contribution in [0.1, 0.15) is 92.4 Å². The predicted octanol–water partition coefficient (Wildman–Crippen LogP) is 7.56. The van der Waals surface area contributed by atoms with E-state index in [1.54, 1.807) is 12.1 Å². The minimum atomic E-state index is -1.42. The zero-order valence-electron chi connectivity index (χ0n) is 27.3. The van der Waals surface area contributed by atoms with Gasteiger partial charge in [-0.05, 0) is 60.0 Å². The SMILES string of the molecule is CCCCCCCCOc1cc(N)c(-c2ccc(C(=O)Oc3ccc(COC(=O)c4cc(C(=O)O)ccc4C(=O)O)cc3)cc2)cc1[N+](=O)[O-]. The number of nitrogens with two attached hydrogens (primary N) is 1. The number of rotatable bonds is 17. The van der Waals surface area contributed by atoms with E-state index < -0.39 is 39.9 Å². The Morgan fingerprint density at radius 3 is 2.06 bits per heavy atom. The first-order chi connectivity index (χ1) is 24.0. The number of benzene rings is 4. The summed E-state index contributed by atoms with van der Waals surface area (Å²) in [4.78, 5) is 59.4. The van der Waals surface area contributed by atoms with Gasteiger partial charge >= 0.3 is 29.6 Å². The smallest absolute Gasteiger partial charge is 0.343 e. The highest BCUT2D eigenvalue weighted by Gasteiger charge is 2.22. The molecule has 0 amide bonds. The summed E-state index contributed by atoms with van der Waals surface area (Å²) in [5.41, 5.74) is 6.91. The second kappa shape index (κ2) is 17.2. The lowest BCUT2D eigenvalue weighted by Crippen LogP contribution is -2.13. The van der Waals surface area contributed by atoms with E-state index in [9.17, 15) is 39.5 Å². The number of anilines is 1. The van der Waals surface area contributed by atoms with Gasteiger partial charge in [0.1, 0.15) is 12.4 Å². The molecule has 50 heavy (non-hydrogen) atoms. The van der Waals surface area contributed by atoms with Crippen LogP contribution in [0.2, 0.25) is 0 Å². The number of hydrogen-bond donors (Lipinski definition) is 3. The summed E-state index contributed by atoms with van der Waals surface area (Å²) < 4.78 is 16.3. The molecular weight excluding hydrogens is 648 g/mol. The summed E-state index contributed by atoms with van der Waals surface area (Å²) in [5.74, 6) is -4.15. The molecule has 13 nitrogen and oxygen atoms in total. The molecule has 0 heterocycles. The summed E-state index contributed by atoms with van der Waals surface area (Å²) in [7, 11) is 0. The number of aromatic carboxylic acids is 2. The van der Waals surface area contributed by atoms with Crippen molar-refractivity contribution in [1.82, 2.24) is 0 Å². The highest BCUT2D eigenvalue weighted by atomic mass is 16.6. The Kier molecular flexibility index (Phi) is 12.6. The maximum absolute atomic E-state index is 12.8. The second-order valence-corrected chi connectivity index (χ2v) is 11.3. The first-order valence-corrected chi connectivity index (χ1v) is 15.9. The van der Waals surface area contributed by atoms with Crippen molar-refractivity contribution in [3.63, 3.8) is 0 Å². The van der Waals surface area contributed by atoms with Crippen molar-refractivity contribution >= 4 is 35.3 Å². The second-order valence-electron chi connectivity index (χ2n) is 11.3. The lowest BCUT2D eigenvalue weighted by molar-refractivity contribution is -0.385. The van der Waals surface area contributed by atoms with Crippen molar-refractivity contribution < 1.29 is 48.5 Å². The summed E-state index contributed by atoms with van der Waals surface area (Å²) in [6, 6.07) is 18.0. The Balaban J connectivity index is 1.36. The number of unbranched alkanes of at least 4 members (excludes halogenated alkanes) is 5. The van der Waals surface area contributed by atoms with Gasteiger partial charge in [0.15, 0.2) is 5.75 Å². The molecule has 0 unspecified atom stereocenters. The molecule has 4 aromatic rings. The van der Waals surface area contributed by atoms with Crippen LogP contribution in [0.5, 0.6) is 11.5 Å². The number of carbonyl (C=O) groups excluding carboxylic acids is 2. The van der Waals surface area contributed by atoms with Gasteiger partial charge in [0.05, 0.1) is 33.8 Å². The van der Waals surface area contributed by atoms with Crippen LogP contribution in [0.15, 0.2) is 78.9 Å². The summed E-state index contributed by atoms with van der Waals surface area (Å²) in [6.45, 7) is 2.23. The average Bonchev–Trinajstić information content (AvgIpc) is 3.10. The van der Waals surface area contributed by atoms with Crippen molar-refractivity contribution in [2.75, 3.05) is 12.3 Å². The fourth-order valence-electron chi connectivity index (χ4n) is 5.02. The normalized spacial score (nSPS) is 10.7. The van der Waals surface area contributed by atoms with Crippen LogP contribution in [0.3, 0.4) is 0 Å². The Morgan fingerprint density at radius 1 is 0.760 bits per heavy atom. The third-order valence-electron chi connectivity index (χ3n) is 7.74. The van der Waals surface area contributed by atoms with Crippen LogP contribution in [0, 0.1) is 10.1 Å². The Labute approximate surface area is 287 Å². The molecule has 0 spiro atoms. The van der Waals surface area contributed by atoms with E-state index in [0.29, 0.717) is 23.3 Å². The average molecular weight is 685 g/mol. The number of nitrogen functional groups attached to an aromatic ring is 1. The molecule has 0 aliphatic carbocycles. The fraction of sp³-hybridized carbons (Fsp3) is 0.243. The molecule has 260 valence electrons. The number of ether oxygens (including phenoxy) is 3. The van der Waals surface area contributed by atoms with Crippen LogP contribution in [-0.2, 0) is 11.3 Å². The van der Waals surface area contributed by atoms with Gasteiger partial charge in [0, 0.05) is 23.4 Å². The van der Waals surface area contributed by atoms with E-state index in [1.807, 2.05) is 0 Å². The molecule has 0 saturated heterocycles. The first kappa shape index (κ1) is 36.6. The molecule has 4 rings (SSSR count). The van der Waals surface area contributed by atoms with Crippen molar-refractivity contribution in [2.24, 2.45) is 0 Å². The lowest BCUT2D eigenvalue weighted by atomic mass is 10.0. The van der Waals surface area contributed by atoms with E-state index >= 15 is 0 Å². The van der Waals surface area contributed by atoms with Gasteiger partial charge in [0.2, 0.25) is 0 Å². The van der Waals surface area contributed by atoms with Crippen molar-refractivity contribution in [3.05, 3.63) is 117 Å². The van der Waals surface area contributed by atoms with E-state index in [1.165, 1.54) is 55.0 Å². The maximum atomic E-state index is 12.8. The van der Waals surface area contributed by atoms with E-state index in [0.717, 1.165) is 50.3 Å². The molecule has 0 atom stereocenters. The Hall–Kier alpha value is -6.24. The fourth-order valence-corrected chi connectivity index (χ4v) is 5.02. The molecule has 0 radical (unpaired) electrons. The number of nitro benzene ring substituents is 1. The third-order valence-corrected chi connectivity index (χ3v) is 7.74. The number of carbonyl (C=O) groups is 4. The van der Waals surface area contributed by atoms with Crippen LogP contribution in [0.4, 0.5) is 11.4 Å². The highest BCUT2D eigenvalue weighted by Crippen LogP contribution is 2.37. The minimum Gasteiger partial charge on any atom is -0.487 e. The summed E-state index contributed by atoms with van der Waals surface area (Å²) in [5, 5.41) is 30.3. The molecule has 4 aromatic carbocycles. The molecule has 0 fully saturated rings. The van der Waals surface area contributed by atoms with Gasteiger partial charge in [-0.25, -0.2) is 19.2 Å². The first-order valence-electron chi connectivity index (χ1n) is 15.9. The topological polar surface area (TPSA) is 206 Å². The molecule has 0 aromatic heterocycles. The largest absolute Gasteiger partial charge is 0.487 e. The van der Waals surface area contributed by atoms with Crippen LogP contribution in [-0.4, -0.2) is 45.6 Å².